The third kappa shape index (κ3) is 2.52. The highest BCUT2D eigenvalue weighted by Crippen LogP contribution is 2.17. The number of hydrogen-bond donors (Lipinski definition) is 2. The van der Waals surface area contributed by atoms with Gasteiger partial charge in [0.05, 0.1) is 5.69 Å². The number of nitrogens with two attached hydrogens (primary N) is 1. The molecule has 0 amide bonds. The fourth-order valence-electron chi connectivity index (χ4n) is 1.45. The molecule has 1 rings (SSSR count). The molecule has 3 N–H and O–H groups in total. The average Bonchev–Trinajstić information content (AvgIpc) is 2.48. The van der Waals surface area contributed by atoms with Crippen molar-refractivity contribution in [1.82, 2.24) is 9.78 Å². The third-order valence-corrected chi connectivity index (χ3v) is 2.70. The number of hydrogen-bond acceptors (Lipinski definition) is 4. The number of rotatable bonds is 4. The summed E-state index contributed by atoms with van der Waals surface area (Å²) in [5.41, 5.74) is 7.27. The highest BCUT2D eigenvalue weighted by atomic mass is 15.3. The van der Waals surface area contributed by atoms with Gasteiger partial charge in [-0.15, -0.1) is 0 Å². The predicted octanol–water partition coefficient (Wildman–Crippen LogP) is 0.995. The molecule has 1 aromatic rings. The van der Waals surface area contributed by atoms with Gasteiger partial charge >= 0.3 is 0 Å². The van der Waals surface area contributed by atoms with E-state index < -0.39 is 0 Å². The SMILES string of the molecule is Cc1nn(C)c(NCC(N)C(C)C)c1C#N. The summed E-state index contributed by atoms with van der Waals surface area (Å²) >= 11 is 0. The van der Waals surface area contributed by atoms with Gasteiger partial charge in [0.1, 0.15) is 17.5 Å². The fourth-order valence-corrected chi connectivity index (χ4v) is 1.45. The van der Waals surface area contributed by atoms with Gasteiger partial charge in [-0.3, -0.25) is 4.68 Å². The molecular formula is C11H19N5. The van der Waals surface area contributed by atoms with Crippen molar-refractivity contribution in [1.29, 1.82) is 5.26 Å². The average molecular weight is 221 g/mol. The summed E-state index contributed by atoms with van der Waals surface area (Å²) in [5, 5.41) is 16.4. The van der Waals surface area contributed by atoms with Gasteiger partial charge in [0.2, 0.25) is 0 Å². The Kier molecular flexibility index (Phi) is 3.91. The molecule has 0 saturated carbocycles. The lowest BCUT2D eigenvalue weighted by atomic mass is 10.1. The van der Waals surface area contributed by atoms with Gasteiger partial charge < -0.3 is 11.1 Å². The first kappa shape index (κ1) is 12.5. The Bertz CT molecular complexity index is 399. The topological polar surface area (TPSA) is 79.7 Å². The quantitative estimate of drug-likeness (QED) is 0.794. The lowest BCUT2D eigenvalue weighted by Gasteiger charge is -2.17. The minimum Gasteiger partial charge on any atom is -0.368 e. The molecule has 5 nitrogen and oxygen atoms in total. The molecule has 0 bridgehead atoms. The van der Waals surface area contributed by atoms with Crippen molar-refractivity contribution < 1.29 is 0 Å². The van der Waals surface area contributed by atoms with Crippen molar-refractivity contribution in [3.63, 3.8) is 0 Å². The van der Waals surface area contributed by atoms with Crippen LogP contribution in [-0.2, 0) is 7.05 Å². The Morgan fingerprint density at radius 2 is 2.19 bits per heavy atom. The van der Waals surface area contributed by atoms with E-state index in [1.54, 1.807) is 4.68 Å². The molecule has 0 aromatic carbocycles. The molecule has 1 heterocycles. The van der Waals surface area contributed by atoms with Crippen molar-refractivity contribution in [3.8, 4) is 6.07 Å². The number of aromatic nitrogens is 2. The molecule has 16 heavy (non-hydrogen) atoms. The second kappa shape index (κ2) is 4.99. The van der Waals surface area contributed by atoms with Gasteiger partial charge in [0, 0.05) is 19.6 Å². The molecule has 88 valence electrons. The maximum atomic E-state index is 9.01. The Labute approximate surface area is 96.2 Å². The number of anilines is 1. The zero-order valence-corrected chi connectivity index (χ0v) is 10.3. The Morgan fingerprint density at radius 1 is 1.56 bits per heavy atom. The van der Waals surface area contributed by atoms with E-state index in [2.05, 4.69) is 30.3 Å². The molecule has 5 heteroatoms. The van der Waals surface area contributed by atoms with Crippen LogP contribution in [0.5, 0.6) is 0 Å². The van der Waals surface area contributed by atoms with E-state index in [4.69, 9.17) is 11.0 Å². The maximum absolute atomic E-state index is 9.01. The smallest absolute Gasteiger partial charge is 0.142 e. The number of aryl methyl sites for hydroxylation is 2. The van der Waals surface area contributed by atoms with Crippen molar-refractivity contribution in [2.75, 3.05) is 11.9 Å². The van der Waals surface area contributed by atoms with Crippen LogP contribution in [0.15, 0.2) is 0 Å². The molecule has 1 aromatic heterocycles. The third-order valence-electron chi connectivity index (χ3n) is 2.70. The predicted molar refractivity (Wildman–Crippen MR) is 64.0 cm³/mol. The summed E-state index contributed by atoms with van der Waals surface area (Å²) in [7, 11) is 1.82. The van der Waals surface area contributed by atoms with Crippen LogP contribution in [0.3, 0.4) is 0 Å². The summed E-state index contributed by atoms with van der Waals surface area (Å²) in [6.45, 7) is 6.62. The van der Waals surface area contributed by atoms with Gasteiger partial charge in [0.25, 0.3) is 0 Å². The first-order chi connectivity index (χ1) is 7.47. The number of nitrogens with zero attached hydrogens (tertiary/aromatic N) is 3. The van der Waals surface area contributed by atoms with Gasteiger partial charge in [-0.05, 0) is 12.8 Å². The van der Waals surface area contributed by atoms with E-state index in [-0.39, 0.29) is 6.04 Å². The summed E-state index contributed by atoms with van der Waals surface area (Å²) in [6, 6.07) is 2.22. The second-order valence-corrected chi connectivity index (χ2v) is 4.33. The monoisotopic (exact) mass is 221 g/mol. The molecule has 0 aliphatic heterocycles. The van der Waals surface area contributed by atoms with Gasteiger partial charge in [-0.1, -0.05) is 13.8 Å². The fraction of sp³-hybridized carbons (Fsp3) is 0.636. The molecule has 0 spiro atoms. The van der Waals surface area contributed by atoms with Crippen LogP contribution in [0.4, 0.5) is 5.82 Å². The van der Waals surface area contributed by atoms with Crippen LogP contribution in [0, 0.1) is 24.2 Å². The van der Waals surface area contributed by atoms with E-state index in [1.807, 2.05) is 14.0 Å². The Hall–Kier alpha value is -1.54. The normalized spacial score (nSPS) is 12.6. The Balaban J connectivity index is 2.78. The lowest BCUT2D eigenvalue weighted by Crippen LogP contribution is -2.34. The highest BCUT2D eigenvalue weighted by molar-refractivity contribution is 5.55. The van der Waals surface area contributed by atoms with Crippen molar-refractivity contribution >= 4 is 5.82 Å². The van der Waals surface area contributed by atoms with E-state index in [0.29, 0.717) is 18.0 Å². The summed E-state index contributed by atoms with van der Waals surface area (Å²) in [5.74, 6) is 1.16. The highest BCUT2D eigenvalue weighted by Gasteiger charge is 2.14. The molecule has 0 aliphatic carbocycles. The number of nitrogens with one attached hydrogen (secondary N) is 1. The van der Waals surface area contributed by atoms with E-state index in [1.165, 1.54) is 0 Å². The molecule has 0 radical (unpaired) electrons. The first-order valence-electron chi connectivity index (χ1n) is 5.40. The first-order valence-corrected chi connectivity index (χ1v) is 5.40. The summed E-state index contributed by atoms with van der Waals surface area (Å²) < 4.78 is 1.68. The van der Waals surface area contributed by atoms with Crippen LogP contribution in [0.1, 0.15) is 25.1 Å². The molecule has 0 aliphatic rings. The van der Waals surface area contributed by atoms with Gasteiger partial charge in [-0.25, -0.2) is 0 Å². The molecule has 0 fully saturated rings. The second-order valence-electron chi connectivity index (χ2n) is 4.33. The van der Waals surface area contributed by atoms with Gasteiger partial charge in [0.15, 0.2) is 0 Å². The van der Waals surface area contributed by atoms with Crippen molar-refractivity contribution in [3.05, 3.63) is 11.3 Å². The minimum atomic E-state index is 0.0711. The van der Waals surface area contributed by atoms with Crippen LogP contribution in [0.25, 0.3) is 0 Å². The summed E-state index contributed by atoms with van der Waals surface area (Å²) in [4.78, 5) is 0. The standard InChI is InChI=1S/C11H19N5/c1-7(2)10(13)6-14-11-9(5-12)8(3)15-16(11)4/h7,10,14H,6,13H2,1-4H3. The largest absolute Gasteiger partial charge is 0.368 e. The maximum Gasteiger partial charge on any atom is 0.142 e. The van der Waals surface area contributed by atoms with E-state index in [0.717, 1.165) is 11.5 Å². The van der Waals surface area contributed by atoms with Crippen LogP contribution < -0.4 is 11.1 Å². The van der Waals surface area contributed by atoms with Crippen molar-refractivity contribution in [2.45, 2.75) is 26.8 Å². The Morgan fingerprint density at radius 3 is 2.69 bits per heavy atom. The molecular weight excluding hydrogens is 202 g/mol. The van der Waals surface area contributed by atoms with Crippen LogP contribution in [-0.4, -0.2) is 22.4 Å². The lowest BCUT2D eigenvalue weighted by molar-refractivity contribution is 0.510. The zero-order valence-electron chi connectivity index (χ0n) is 10.3. The van der Waals surface area contributed by atoms with Crippen molar-refractivity contribution in [2.24, 2.45) is 18.7 Å². The molecule has 1 unspecified atom stereocenters. The number of nitriles is 1. The van der Waals surface area contributed by atoms with Crippen LogP contribution in [0.2, 0.25) is 0 Å². The van der Waals surface area contributed by atoms with E-state index in [9.17, 15) is 0 Å². The van der Waals surface area contributed by atoms with E-state index >= 15 is 0 Å². The summed E-state index contributed by atoms with van der Waals surface area (Å²) in [6.07, 6.45) is 0. The molecule has 1 atom stereocenters. The van der Waals surface area contributed by atoms with Gasteiger partial charge in [-0.2, -0.15) is 10.4 Å². The van der Waals surface area contributed by atoms with Crippen LogP contribution >= 0.6 is 0 Å². The molecule has 0 saturated heterocycles. The zero-order chi connectivity index (χ0) is 12.3. The minimum absolute atomic E-state index is 0.0711.